The molecular weight excluding hydrogens is 514 g/mol. The van der Waals surface area contributed by atoms with Gasteiger partial charge in [-0.1, -0.05) is 27.5 Å². The van der Waals surface area contributed by atoms with Gasteiger partial charge >= 0.3 is 6.09 Å². The Bertz CT molecular complexity index is 823. The van der Waals surface area contributed by atoms with Crippen molar-refractivity contribution in [3.05, 3.63) is 27.7 Å². The number of alkyl carbamates (subject to hydrolysis) is 1. The molecule has 2 N–H and O–H groups in total. The van der Waals surface area contributed by atoms with Crippen molar-refractivity contribution in [2.45, 2.75) is 52.1 Å². The van der Waals surface area contributed by atoms with Crippen LogP contribution in [0.2, 0.25) is 5.02 Å². The number of hydrogen-bond donors (Lipinski definition) is 2. The number of amides is 3. The van der Waals surface area contributed by atoms with E-state index in [9.17, 15) is 14.4 Å². The van der Waals surface area contributed by atoms with E-state index in [4.69, 9.17) is 21.1 Å². The first-order chi connectivity index (χ1) is 15.5. The average molecular weight is 547 g/mol. The van der Waals surface area contributed by atoms with Crippen LogP contribution in [0.15, 0.2) is 22.7 Å². The molecule has 1 heterocycles. The molecule has 0 spiro atoms. The summed E-state index contributed by atoms with van der Waals surface area (Å²) in [5, 5.41) is 6.00. The second-order valence-corrected chi connectivity index (χ2v) is 10.3. The maximum Gasteiger partial charge on any atom is 0.408 e. The molecule has 1 aromatic carbocycles. The van der Waals surface area contributed by atoms with Gasteiger partial charge in [0.2, 0.25) is 11.8 Å². The smallest absolute Gasteiger partial charge is 0.408 e. The van der Waals surface area contributed by atoms with Gasteiger partial charge in [-0.15, -0.1) is 0 Å². The molecule has 2 rings (SSSR count). The molecule has 10 heteroatoms. The zero-order chi connectivity index (χ0) is 24.4. The van der Waals surface area contributed by atoms with Crippen LogP contribution in [0.1, 0.15) is 46.5 Å². The monoisotopic (exact) mass is 545 g/mol. The van der Waals surface area contributed by atoms with E-state index in [-0.39, 0.29) is 18.4 Å². The summed E-state index contributed by atoms with van der Waals surface area (Å²) in [6.07, 6.45) is 1.99. The predicted molar refractivity (Wildman–Crippen MR) is 130 cm³/mol. The van der Waals surface area contributed by atoms with Crippen molar-refractivity contribution in [1.29, 1.82) is 0 Å². The number of hydrogen-bond acceptors (Lipinski definition) is 5. The highest BCUT2D eigenvalue weighted by molar-refractivity contribution is 9.10. The summed E-state index contributed by atoms with van der Waals surface area (Å²) < 4.78 is 11.6. The Morgan fingerprint density at radius 1 is 1.18 bits per heavy atom. The highest BCUT2D eigenvalue weighted by Gasteiger charge is 2.24. The van der Waals surface area contributed by atoms with Gasteiger partial charge in [0, 0.05) is 30.5 Å². The SMILES string of the molecule is CC(C)(C)OC(=O)NCC(=O)N1CCC(CNC(=O)CCCOc2ccc(Br)cc2Cl)CC1. The molecule has 0 aromatic heterocycles. The first-order valence-electron chi connectivity index (χ1n) is 11.1. The molecule has 0 atom stereocenters. The van der Waals surface area contributed by atoms with Crippen LogP contribution in [0.5, 0.6) is 5.75 Å². The summed E-state index contributed by atoms with van der Waals surface area (Å²) in [5.74, 6) is 0.785. The standard InChI is InChI=1S/C23H33BrClN3O5/c1-23(2,3)33-22(31)27-15-21(30)28-10-8-16(9-11-28)14-26-20(29)5-4-12-32-19-7-6-17(24)13-18(19)25/h6-7,13,16H,4-5,8-12,14-15H2,1-3H3,(H,26,29)(H,27,31). The summed E-state index contributed by atoms with van der Waals surface area (Å²) in [7, 11) is 0. The zero-order valence-corrected chi connectivity index (χ0v) is 21.8. The largest absolute Gasteiger partial charge is 0.492 e. The van der Waals surface area contributed by atoms with Crippen LogP contribution in [-0.2, 0) is 14.3 Å². The van der Waals surface area contributed by atoms with Gasteiger partial charge in [0.1, 0.15) is 17.9 Å². The number of rotatable bonds is 9. The van der Waals surface area contributed by atoms with Crippen LogP contribution >= 0.6 is 27.5 Å². The van der Waals surface area contributed by atoms with E-state index in [1.807, 2.05) is 6.07 Å². The lowest BCUT2D eigenvalue weighted by Crippen LogP contribution is -2.46. The molecule has 184 valence electrons. The number of carbonyl (C=O) groups is 3. The fourth-order valence-corrected chi connectivity index (χ4v) is 4.04. The van der Waals surface area contributed by atoms with E-state index in [2.05, 4.69) is 26.6 Å². The lowest BCUT2D eigenvalue weighted by Gasteiger charge is -2.32. The molecule has 1 aromatic rings. The fourth-order valence-electron chi connectivity index (χ4n) is 3.31. The maximum atomic E-state index is 12.3. The van der Waals surface area contributed by atoms with Crippen molar-refractivity contribution in [3.63, 3.8) is 0 Å². The lowest BCUT2D eigenvalue weighted by atomic mass is 9.96. The van der Waals surface area contributed by atoms with Crippen molar-refractivity contribution in [1.82, 2.24) is 15.5 Å². The number of benzene rings is 1. The summed E-state index contributed by atoms with van der Waals surface area (Å²) in [6, 6.07) is 5.40. The normalized spacial score (nSPS) is 14.5. The van der Waals surface area contributed by atoms with E-state index in [1.54, 1.807) is 37.8 Å². The van der Waals surface area contributed by atoms with Crippen molar-refractivity contribution < 1.29 is 23.9 Å². The number of carbonyl (C=O) groups excluding carboxylic acids is 3. The molecular formula is C23H33BrClN3O5. The number of nitrogens with one attached hydrogen (secondary N) is 2. The Morgan fingerprint density at radius 2 is 1.88 bits per heavy atom. The molecule has 1 aliphatic rings. The minimum Gasteiger partial charge on any atom is -0.492 e. The van der Waals surface area contributed by atoms with Gasteiger partial charge in [-0.05, 0) is 64.2 Å². The second kappa shape index (κ2) is 13.0. The molecule has 0 bridgehead atoms. The number of ether oxygens (including phenoxy) is 2. The van der Waals surface area contributed by atoms with Gasteiger partial charge in [0.15, 0.2) is 0 Å². The molecule has 8 nitrogen and oxygen atoms in total. The van der Waals surface area contributed by atoms with E-state index in [0.717, 1.165) is 17.3 Å². The molecule has 1 fully saturated rings. The Kier molecular flexibility index (Phi) is 10.8. The highest BCUT2D eigenvalue weighted by atomic mass is 79.9. The fraction of sp³-hybridized carbons (Fsp3) is 0.609. The first kappa shape index (κ1) is 27.2. The topological polar surface area (TPSA) is 97.0 Å². The number of likely N-dealkylation sites (tertiary alicyclic amines) is 1. The molecule has 1 saturated heterocycles. The van der Waals surface area contributed by atoms with Gasteiger partial charge in [-0.3, -0.25) is 9.59 Å². The Hall–Kier alpha value is -2.00. The third-order valence-corrected chi connectivity index (χ3v) is 5.83. The molecule has 0 unspecified atom stereocenters. The van der Waals surface area contributed by atoms with E-state index < -0.39 is 11.7 Å². The quantitative estimate of drug-likeness (QED) is 0.454. The Balaban J connectivity index is 1.56. The molecule has 33 heavy (non-hydrogen) atoms. The number of halogens is 2. The molecule has 0 saturated carbocycles. The zero-order valence-electron chi connectivity index (χ0n) is 19.4. The maximum absolute atomic E-state index is 12.3. The average Bonchev–Trinajstić information content (AvgIpc) is 2.74. The van der Waals surface area contributed by atoms with Crippen LogP contribution in [-0.4, -0.2) is 61.2 Å². The van der Waals surface area contributed by atoms with Crippen LogP contribution in [0, 0.1) is 5.92 Å². The van der Waals surface area contributed by atoms with Crippen molar-refractivity contribution >= 4 is 45.4 Å². The van der Waals surface area contributed by atoms with E-state index >= 15 is 0 Å². The Labute approximate surface area is 208 Å². The van der Waals surface area contributed by atoms with Crippen LogP contribution < -0.4 is 15.4 Å². The van der Waals surface area contributed by atoms with Crippen LogP contribution in [0.4, 0.5) is 4.79 Å². The highest BCUT2D eigenvalue weighted by Crippen LogP contribution is 2.27. The van der Waals surface area contributed by atoms with Gasteiger partial charge < -0.3 is 25.0 Å². The summed E-state index contributed by atoms with van der Waals surface area (Å²) >= 11 is 9.45. The second-order valence-electron chi connectivity index (χ2n) is 9.01. The van der Waals surface area contributed by atoms with Crippen molar-refractivity contribution in [3.8, 4) is 5.75 Å². The minimum absolute atomic E-state index is 0.0134. The van der Waals surface area contributed by atoms with Crippen LogP contribution in [0.25, 0.3) is 0 Å². The van der Waals surface area contributed by atoms with Crippen LogP contribution in [0.3, 0.4) is 0 Å². The molecule has 0 radical (unpaired) electrons. The molecule has 3 amide bonds. The van der Waals surface area contributed by atoms with Gasteiger partial charge in [0.05, 0.1) is 11.6 Å². The minimum atomic E-state index is -0.601. The molecule has 0 aliphatic carbocycles. The van der Waals surface area contributed by atoms with E-state index in [1.165, 1.54) is 0 Å². The van der Waals surface area contributed by atoms with Gasteiger partial charge in [-0.2, -0.15) is 0 Å². The van der Waals surface area contributed by atoms with Crippen molar-refractivity contribution in [2.75, 3.05) is 32.8 Å². The third kappa shape index (κ3) is 10.6. The van der Waals surface area contributed by atoms with Crippen molar-refractivity contribution in [2.24, 2.45) is 5.92 Å². The summed E-state index contributed by atoms with van der Waals surface area (Å²) in [5.41, 5.74) is -0.601. The first-order valence-corrected chi connectivity index (χ1v) is 12.3. The third-order valence-electron chi connectivity index (χ3n) is 5.04. The Morgan fingerprint density at radius 3 is 2.52 bits per heavy atom. The predicted octanol–water partition coefficient (Wildman–Crippen LogP) is 4.14. The summed E-state index contributed by atoms with van der Waals surface area (Å²) in [4.78, 5) is 37.8. The van der Waals surface area contributed by atoms with E-state index in [0.29, 0.717) is 55.8 Å². The molecule has 1 aliphatic heterocycles. The summed E-state index contributed by atoms with van der Waals surface area (Å²) in [6.45, 7) is 7.45. The lowest BCUT2D eigenvalue weighted by molar-refractivity contribution is -0.131. The van der Waals surface area contributed by atoms with Gasteiger partial charge in [0.25, 0.3) is 0 Å². The number of piperidine rings is 1. The van der Waals surface area contributed by atoms with Gasteiger partial charge in [-0.25, -0.2) is 4.79 Å². The number of nitrogens with zero attached hydrogens (tertiary/aromatic N) is 1.